The van der Waals surface area contributed by atoms with E-state index in [2.05, 4.69) is 0 Å². The van der Waals surface area contributed by atoms with Crippen LogP contribution in [0.3, 0.4) is 0 Å². The number of ether oxygens (including phenoxy) is 1. The zero-order valence-corrected chi connectivity index (χ0v) is 18.2. The van der Waals surface area contributed by atoms with E-state index in [1.165, 1.54) is 0 Å². The van der Waals surface area contributed by atoms with Crippen LogP contribution in [0.4, 0.5) is 0 Å². The molecule has 0 aliphatic heterocycles. The van der Waals surface area contributed by atoms with Crippen molar-refractivity contribution in [2.75, 3.05) is 27.7 Å². The zero-order chi connectivity index (χ0) is 22.3. The predicted octanol–water partition coefficient (Wildman–Crippen LogP) is 1.48. The molecule has 0 aromatic heterocycles. The lowest BCUT2D eigenvalue weighted by atomic mass is 10.0. The van der Waals surface area contributed by atoms with Gasteiger partial charge in [0.05, 0.1) is 27.2 Å². The van der Waals surface area contributed by atoms with Gasteiger partial charge in [0.25, 0.3) is 0 Å². The van der Waals surface area contributed by atoms with Crippen LogP contribution in [0.1, 0.15) is 77.0 Å². The Kier molecular flexibility index (Phi) is 14.3. The van der Waals surface area contributed by atoms with E-state index >= 15 is 0 Å². The summed E-state index contributed by atoms with van der Waals surface area (Å²) < 4.78 is 5.78. The van der Waals surface area contributed by atoms with Crippen LogP contribution in [0.25, 0.3) is 0 Å². The van der Waals surface area contributed by atoms with E-state index in [0.29, 0.717) is 43.1 Å². The lowest BCUT2D eigenvalue weighted by Gasteiger charge is -2.29. The third kappa shape index (κ3) is 19.4. The SMILES string of the molecule is C[N+](C)(C)CC(CC(=O)[O-])OC(=O)CCCCC(O)CCCCCCCC(=O)O. The van der Waals surface area contributed by atoms with E-state index in [4.69, 9.17) is 9.84 Å². The number of hydrogen-bond acceptors (Lipinski definition) is 6. The Labute approximate surface area is 174 Å². The topological polar surface area (TPSA) is 124 Å². The van der Waals surface area contributed by atoms with Gasteiger partial charge in [-0.05, 0) is 25.7 Å². The summed E-state index contributed by atoms with van der Waals surface area (Å²) in [4.78, 5) is 33.2. The highest BCUT2D eigenvalue weighted by atomic mass is 16.5. The third-order valence-electron chi connectivity index (χ3n) is 4.54. The average molecular weight is 418 g/mol. The van der Waals surface area contributed by atoms with Crippen LogP contribution >= 0.6 is 0 Å². The summed E-state index contributed by atoms with van der Waals surface area (Å²) in [6.07, 6.45) is 6.11. The number of rotatable bonds is 18. The van der Waals surface area contributed by atoms with Crippen molar-refractivity contribution >= 4 is 17.9 Å². The molecule has 0 rings (SSSR count). The van der Waals surface area contributed by atoms with Crippen molar-refractivity contribution in [2.24, 2.45) is 0 Å². The highest BCUT2D eigenvalue weighted by molar-refractivity contribution is 5.70. The van der Waals surface area contributed by atoms with E-state index in [0.717, 1.165) is 25.7 Å². The molecule has 29 heavy (non-hydrogen) atoms. The number of aliphatic hydroxyl groups excluding tert-OH is 1. The number of aliphatic carboxylic acids is 2. The molecule has 0 saturated heterocycles. The van der Waals surface area contributed by atoms with Crippen LogP contribution in [0.5, 0.6) is 0 Å². The van der Waals surface area contributed by atoms with Gasteiger partial charge < -0.3 is 29.3 Å². The van der Waals surface area contributed by atoms with Crippen LogP contribution in [-0.4, -0.2) is 72.5 Å². The van der Waals surface area contributed by atoms with Crippen LogP contribution in [0, 0.1) is 0 Å². The second-order valence-corrected chi connectivity index (χ2v) is 8.76. The molecule has 8 heteroatoms. The second-order valence-electron chi connectivity index (χ2n) is 8.76. The van der Waals surface area contributed by atoms with Crippen molar-refractivity contribution in [3.63, 3.8) is 0 Å². The van der Waals surface area contributed by atoms with E-state index in [1.54, 1.807) is 0 Å². The largest absolute Gasteiger partial charge is 0.550 e. The number of unbranched alkanes of at least 4 members (excludes halogenated alkanes) is 5. The van der Waals surface area contributed by atoms with Crippen LogP contribution in [0.15, 0.2) is 0 Å². The van der Waals surface area contributed by atoms with Gasteiger partial charge >= 0.3 is 11.9 Å². The summed E-state index contributed by atoms with van der Waals surface area (Å²) in [7, 11) is 5.69. The fourth-order valence-corrected chi connectivity index (χ4v) is 3.17. The monoisotopic (exact) mass is 417 g/mol. The molecule has 0 spiro atoms. The second kappa shape index (κ2) is 15.2. The maximum atomic E-state index is 12.0. The first-order chi connectivity index (χ1) is 13.5. The first-order valence-corrected chi connectivity index (χ1v) is 10.6. The quantitative estimate of drug-likeness (QED) is 0.197. The molecule has 0 aromatic rings. The van der Waals surface area contributed by atoms with Gasteiger partial charge in [0.2, 0.25) is 0 Å². The number of hydrogen-bond donors (Lipinski definition) is 2. The molecule has 0 radical (unpaired) electrons. The first kappa shape index (κ1) is 27.3. The molecule has 170 valence electrons. The molecule has 0 bridgehead atoms. The van der Waals surface area contributed by atoms with Crippen molar-refractivity contribution in [1.29, 1.82) is 0 Å². The Morgan fingerprint density at radius 2 is 1.41 bits per heavy atom. The molecule has 8 nitrogen and oxygen atoms in total. The Bertz CT molecular complexity index is 488. The minimum atomic E-state index is -1.23. The number of aliphatic hydroxyl groups is 1. The Hall–Kier alpha value is -1.67. The van der Waals surface area contributed by atoms with Gasteiger partial charge in [-0.3, -0.25) is 9.59 Å². The van der Waals surface area contributed by atoms with E-state index in [1.807, 2.05) is 21.1 Å². The Morgan fingerprint density at radius 1 is 0.897 bits per heavy atom. The molecule has 0 heterocycles. The number of carbonyl (C=O) groups excluding carboxylic acids is 2. The number of likely N-dealkylation sites (N-methyl/N-ethyl adjacent to an activating group) is 1. The number of nitrogens with zero attached hydrogens (tertiary/aromatic N) is 1. The lowest BCUT2D eigenvalue weighted by Crippen LogP contribution is -2.45. The van der Waals surface area contributed by atoms with Crippen molar-refractivity contribution in [3.05, 3.63) is 0 Å². The van der Waals surface area contributed by atoms with Crippen molar-refractivity contribution in [2.45, 2.75) is 89.3 Å². The maximum absolute atomic E-state index is 12.0. The van der Waals surface area contributed by atoms with E-state index in [9.17, 15) is 24.6 Å². The molecule has 2 atom stereocenters. The smallest absolute Gasteiger partial charge is 0.306 e. The highest BCUT2D eigenvalue weighted by Gasteiger charge is 2.22. The molecule has 0 aromatic carbocycles. The average Bonchev–Trinajstić information content (AvgIpc) is 2.55. The van der Waals surface area contributed by atoms with Gasteiger partial charge in [0.1, 0.15) is 6.54 Å². The van der Waals surface area contributed by atoms with Crippen molar-refractivity contribution < 1.29 is 38.9 Å². The van der Waals surface area contributed by atoms with Gasteiger partial charge in [0, 0.05) is 25.2 Å². The van der Waals surface area contributed by atoms with Gasteiger partial charge in [-0.2, -0.15) is 0 Å². The molecule has 0 aliphatic carbocycles. The fourth-order valence-electron chi connectivity index (χ4n) is 3.17. The molecular weight excluding hydrogens is 378 g/mol. The number of quaternary nitrogens is 1. The summed E-state index contributed by atoms with van der Waals surface area (Å²) in [5.41, 5.74) is 0. The van der Waals surface area contributed by atoms with E-state index < -0.39 is 30.1 Å². The summed E-state index contributed by atoms with van der Waals surface area (Å²) in [6, 6.07) is 0. The fraction of sp³-hybridized carbons (Fsp3) is 0.857. The predicted molar refractivity (Wildman–Crippen MR) is 107 cm³/mol. The standard InChI is InChI=1S/C21H39NO7/c1-22(2,3)16-18(15-20(26)27)29-21(28)14-10-9-12-17(23)11-7-5-4-6-8-13-19(24)25/h17-18,23H,4-16H2,1-3H3,(H-,24,25,26,27). The molecule has 0 fully saturated rings. The summed E-state index contributed by atoms with van der Waals surface area (Å²) in [6.45, 7) is 0.398. The van der Waals surface area contributed by atoms with Gasteiger partial charge in [-0.15, -0.1) is 0 Å². The molecule has 0 saturated carbocycles. The Morgan fingerprint density at radius 3 is 1.97 bits per heavy atom. The van der Waals surface area contributed by atoms with E-state index in [-0.39, 0.29) is 19.3 Å². The molecule has 0 amide bonds. The van der Waals surface area contributed by atoms with Crippen molar-refractivity contribution in [3.8, 4) is 0 Å². The molecule has 2 unspecified atom stereocenters. The molecular formula is C21H39NO7. The number of carbonyl (C=O) groups is 3. The number of carboxylic acid groups (broad SMARTS) is 2. The zero-order valence-electron chi connectivity index (χ0n) is 18.2. The third-order valence-corrected chi connectivity index (χ3v) is 4.54. The molecule has 0 aliphatic rings. The minimum absolute atomic E-state index is 0.205. The highest BCUT2D eigenvalue weighted by Crippen LogP contribution is 2.14. The number of esters is 1. The van der Waals surface area contributed by atoms with Gasteiger partial charge in [-0.25, -0.2) is 0 Å². The molecule has 2 N–H and O–H groups in total. The summed E-state index contributed by atoms with van der Waals surface area (Å²) >= 11 is 0. The lowest BCUT2D eigenvalue weighted by molar-refractivity contribution is -0.873. The first-order valence-electron chi connectivity index (χ1n) is 10.6. The van der Waals surface area contributed by atoms with Crippen LogP contribution in [-0.2, 0) is 19.1 Å². The summed E-state index contributed by atoms with van der Waals surface area (Å²) in [5, 5.41) is 29.4. The summed E-state index contributed by atoms with van der Waals surface area (Å²) in [5.74, 6) is -2.41. The van der Waals surface area contributed by atoms with Gasteiger partial charge in [0.15, 0.2) is 6.10 Å². The normalized spacial score (nSPS) is 13.7. The van der Waals surface area contributed by atoms with Crippen LogP contribution < -0.4 is 5.11 Å². The Balaban J connectivity index is 3.84. The van der Waals surface area contributed by atoms with Gasteiger partial charge in [-0.1, -0.05) is 32.1 Å². The van der Waals surface area contributed by atoms with Crippen molar-refractivity contribution in [1.82, 2.24) is 0 Å². The van der Waals surface area contributed by atoms with Crippen LogP contribution in [0.2, 0.25) is 0 Å². The number of carboxylic acids is 2. The minimum Gasteiger partial charge on any atom is -0.550 e. The maximum Gasteiger partial charge on any atom is 0.306 e.